The molecule has 12 heteroatoms. The van der Waals surface area contributed by atoms with Crippen molar-refractivity contribution in [2.24, 2.45) is 0 Å². The molecule has 3 rings (SSSR count). The minimum absolute atomic E-state index is 0.00594. The molecule has 0 aliphatic heterocycles. The molecule has 0 unspecified atom stereocenters. The van der Waals surface area contributed by atoms with Crippen molar-refractivity contribution < 1.29 is 22.8 Å². The third-order valence-corrected chi connectivity index (χ3v) is 6.38. The van der Waals surface area contributed by atoms with Crippen molar-refractivity contribution in [2.45, 2.75) is 44.7 Å². The van der Waals surface area contributed by atoms with Crippen LogP contribution in [0.25, 0.3) is 0 Å². The number of nitrogens with one attached hydrogen (secondary N) is 2. The number of nitrogens with zero attached hydrogens (tertiary/aromatic N) is 3. The Morgan fingerprint density at radius 1 is 1.17 bits per heavy atom. The number of halogens is 4. The first-order chi connectivity index (χ1) is 16.5. The largest absolute Gasteiger partial charge is 0.416 e. The van der Waals surface area contributed by atoms with Gasteiger partial charge in [0.1, 0.15) is 0 Å². The van der Waals surface area contributed by atoms with Crippen LogP contribution in [0, 0.1) is 6.92 Å². The molecule has 1 atom stereocenters. The number of anilines is 1. The van der Waals surface area contributed by atoms with Crippen molar-refractivity contribution in [3.8, 4) is 0 Å². The van der Waals surface area contributed by atoms with Gasteiger partial charge in [0.05, 0.1) is 28.1 Å². The lowest BCUT2D eigenvalue weighted by Crippen LogP contribution is -2.29. The zero-order valence-corrected chi connectivity index (χ0v) is 20.7. The summed E-state index contributed by atoms with van der Waals surface area (Å²) in [5.74, 6) is -0.412. The van der Waals surface area contributed by atoms with Crippen LogP contribution in [0.5, 0.6) is 0 Å². The quantitative estimate of drug-likeness (QED) is 0.379. The summed E-state index contributed by atoms with van der Waals surface area (Å²) in [5, 5.41) is 14.0. The Kier molecular flexibility index (Phi) is 8.44. The first-order valence-electron chi connectivity index (χ1n) is 10.6. The maximum Gasteiger partial charge on any atom is 0.416 e. The van der Waals surface area contributed by atoms with Crippen molar-refractivity contribution in [1.82, 2.24) is 20.1 Å². The van der Waals surface area contributed by atoms with Gasteiger partial charge in [-0.05, 0) is 50.6 Å². The fourth-order valence-electron chi connectivity index (χ4n) is 3.30. The van der Waals surface area contributed by atoms with E-state index in [0.29, 0.717) is 23.1 Å². The number of carbonyl (C=O) groups is 2. The number of aryl methyl sites for hydroxylation is 1. The fourth-order valence-corrected chi connectivity index (χ4v) is 4.28. The second-order valence-corrected chi connectivity index (χ2v) is 8.97. The Bertz CT molecular complexity index is 1230. The predicted octanol–water partition coefficient (Wildman–Crippen LogP) is 5.50. The number of aromatic nitrogens is 3. The molecule has 0 saturated carbocycles. The molecule has 0 saturated heterocycles. The van der Waals surface area contributed by atoms with Gasteiger partial charge in [-0.25, -0.2) is 0 Å². The summed E-state index contributed by atoms with van der Waals surface area (Å²) in [4.78, 5) is 25.0. The molecule has 1 heterocycles. The second-order valence-electron chi connectivity index (χ2n) is 7.62. The van der Waals surface area contributed by atoms with Gasteiger partial charge in [-0.3, -0.25) is 9.59 Å². The summed E-state index contributed by atoms with van der Waals surface area (Å²) < 4.78 is 40.6. The topological polar surface area (TPSA) is 88.9 Å². The summed E-state index contributed by atoms with van der Waals surface area (Å²) in [6.45, 7) is 5.98. The van der Waals surface area contributed by atoms with Gasteiger partial charge in [0.15, 0.2) is 11.0 Å². The van der Waals surface area contributed by atoms with Crippen molar-refractivity contribution in [2.75, 3.05) is 11.1 Å². The highest BCUT2D eigenvalue weighted by Crippen LogP contribution is 2.34. The first kappa shape index (κ1) is 26.6. The highest BCUT2D eigenvalue weighted by atomic mass is 35.5. The van der Waals surface area contributed by atoms with Crippen molar-refractivity contribution in [1.29, 1.82) is 0 Å². The minimum Gasteiger partial charge on any atom is -0.342 e. The molecular formula is C23H23ClF3N5O2S. The summed E-state index contributed by atoms with van der Waals surface area (Å²) in [6, 6.07) is 9.48. The number of amides is 2. The van der Waals surface area contributed by atoms with Crippen LogP contribution in [0.4, 0.5) is 18.9 Å². The van der Waals surface area contributed by atoms with Gasteiger partial charge < -0.3 is 15.2 Å². The molecule has 1 aromatic heterocycles. The van der Waals surface area contributed by atoms with Crippen LogP contribution < -0.4 is 10.6 Å². The van der Waals surface area contributed by atoms with E-state index in [4.69, 9.17) is 11.6 Å². The van der Waals surface area contributed by atoms with Crippen LogP contribution in [-0.2, 0) is 17.5 Å². The lowest BCUT2D eigenvalue weighted by molar-refractivity contribution is -0.137. The average molecular weight is 526 g/mol. The van der Waals surface area contributed by atoms with E-state index in [1.807, 2.05) is 26.0 Å². The second kappa shape index (κ2) is 11.1. The Hall–Kier alpha value is -3.05. The molecule has 0 fully saturated rings. The molecule has 0 aliphatic carbocycles. The maximum absolute atomic E-state index is 12.9. The third-order valence-electron chi connectivity index (χ3n) is 5.09. The summed E-state index contributed by atoms with van der Waals surface area (Å²) in [5.41, 5.74) is 0.359. The molecule has 2 amide bonds. The molecule has 7 nitrogen and oxygen atoms in total. The monoisotopic (exact) mass is 525 g/mol. The van der Waals surface area contributed by atoms with Crippen LogP contribution in [0.2, 0.25) is 5.02 Å². The molecule has 35 heavy (non-hydrogen) atoms. The van der Waals surface area contributed by atoms with E-state index in [0.717, 1.165) is 35.5 Å². The standard InChI is InChI=1S/C23H23ClF3N5O2S/c1-4-32-20(14(3)28-21(34)16-8-6-5-7-13(16)2)30-31-22(32)35-12-19(33)29-18-11-15(23(25,26)27)9-10-17(18)24/h5-11,14H,4,12H2,1-3H3,(H,28,34)(H,29,33)/t14-/m0/s1. The Balaban J connectivity index is 1.66. The highest BCUT2D eigenvalue weighted by molar-refractivity contribution is 7.99. The minimum atomic E-state index is -4.56. The number of hydrogen-bond donors (Lipinski definition) is 2. The van der Waals surface area contributed by atoms with Gasteiger partial charge >= 0.3 is 6.18 Å². The summed E-state index contributed by atoms with van der Waals surface area (Å²) >= 11 is 7.01. The normalized spacial score (nSPS) is 12.3. The van der Waals surface area contributed by atoms with Gasteiger partial charge in [-0.1, -0.05) is 41.6 Å². The molecule has 0 aliphatic rings. The molecule has 0 bridgehead atoms. The number of benzene rings is 2. The Labute approximate surface area is 209 Å². The van der Waals surface area contributed by atoms with E-state index in [2.05, 4.69) is 20.8 Å². The summed E-state index contributed by atoms with van der Waals surface area (Å²) in [7, 11) is 0. The number of carbonyl (C=O) groups excluding carboxylic acids is 2. The van der Waals surface area contributed by atoms with Gasteiger partial charge in [0.25, 0.3) is 5.91 Å². The van der Waals surface area contributed by atoms with Crippen LogP contribution in [-0.4, -0.2) is 32.3 Å². The fraction of sp³-hybridized carbons (Fsp3) is 0.304. The Morgan fingerprint density at radius 2 is 1.89 bits per heavy atom. The molecule has 0 spiro atoms. The van der Waals surface area contributed by atoms with E-state index in [9.17, 15) is 22.8 Å². The average Bonchev–Trinajstić information content (AvgIpc) is 3.21. The van der Waals surface area contributed by atoms with Crippen LogP contribution >= 0.6 is 23.4 Å². The van der Waals surface area contributed by atoms with E-state index in [1.54, 1.807) is 23.6 Å². The highest BCUT2D eigenvalue weighted by Gasteiger charge is 2.31. The molecule has 3 aromatic rings. The van der Waals surface area contributed by atoms with Gasteiger partial charge in [0, 0.05) is 12.1 Å². The van der Waals surface area contributed by atoms with E-state index in [1.165, 1.54) is 0 Å². The molecule has 2 N–H and O–H groups in total. The molecule has 0 radical (unpaired) electrons. The van der Waals surface area contributed by atoms with Crippen molar-refractivity contribution in [3.63, 3.8) is 0 Å². The molecular weight excluding hydrogens is 503 g/mol. The zero-order chi connectivity index (χ0) is 25.8. The van der Waals surface area contributed by atoms with Gasteiger partial charge in [-0.15, -0.1) is 10.2 Å². The zero-order valence-electron chi connectivity index (χ0n) is 19.1. The van der Waals surface area contributed by atoms with Crippen LogP contribution in [0.15, 0.2) is 47.6 Å². The van der Waals surface area contributed by atoms with Gasteiger partial charge in [-0.2, -0.15) is 13.2 Å². The number of rotatable bonds is 8. The van der Waals surface area contributed by atoms with Crippen LogP contribution in [0.1, 0.15) is 47.2 Å². The third kappa shape index (κ3) is 6.55. The lowest BCUT2D eigenvalue weighted by atomic mass is 10.1. The number of thioether (sulfide) groups is 1. The predicted molar refractivity (Wildman–Crippen MR) is 129 cm³/mol. The smallest absolute Gasteiger partial charge is 0.342 e. The van der Waals surface area contributed by atoms with Crippen LogP contribution in [0.3, 0.4) is 0 Å². The maximum atomic E-state index is 12.9. The summed E-state index contributed by atoms with van der Waals surface area (Å²) in [6.07, 6.45) is -4.56. The van der Waals surface area contributed by atoms with Crippen molar-refractivity contribution in [3.05, 3.63) is 70.0 Å². The SMILES string of the molecule is CCn1c(SCC(=O)Nc2cc(C(F)(F)F)ccc2Cl)nnc1[C@H](C)NC(=O)c1ccccc1C. The van der Waals surface area contributed by atoms with E-state index in [-0.39, 0.29) is 22.4 Å². The molecule has 2 aromatic carbocycles. The number of hydrogen-bond acceptors (Lipinski definition) is 5. The van der Waals surface area contributed by atoms with E-state index >= 15 is 0 Å². The first-order valence-corrected chi connectivity index (χ1v) is 12.0. The lowest BCUT2D eigenvalue weighted by Gasteiger charge is -2.16. The number of alkyl halides is 3. The molecule has 186 valence electrons. The van der Waals surface area contributed by atoms with Crippen molar-refractivity contribution >= 4 is 40.9 Å². The Morgan fingerprint density at radius 3 is 2.54 bits per heavy atom. The van der Waals surface area contributed by atoms with E-state index < -0.39 is 23.7 Å². The van der Waals surface area contributed by atoms with Gasteiger partial charge in [0.2, 0.25) is 5.91 Å².